The molecule has 1 N–H and O–H groups in total. The fourth-order valence-electron chi connectivity index (χ4n) is 4.52. The molecule has 0 aliphatic carbocycles. The molecule has 8 nitrogen and oxygen atoms in total. The van der Waals surface area contributed by atoms with Crippen molar-refractivity contribution < 1.29 is 32.8 Å². The standard InChI is InChI=1S/C33H44NO7P/c1-22(2)30-18-27(14-15-32(30)38-20-37-8)19-31-24(5)16-29(17-25(31)6)39-21-42(36,41-28-12-10-9-11-13-28)34-26(7)33(35)40-23(3)4/h9-18,22-23,26H,19-21H2,1-8H3,(H,34,36)/t26-,42?/m0/s1. The maximum absolute atomic E-state index is 13.9. The molecule has 0 saturated heterocycles. The summed E-state index contributed by atoms with van der Waals surface area (Å²) in [5, 5.41) is 2.84. The van der Waals surface area contributed by atoms with Crippen molar-refractivity contribution in [1.82, 2.24) is 5.09 Å². The van der Waals surface area contributed by atoms with Crippen molar-refractivity contribution in [2.24, 2.45) is 0 Å². The van der Waals surface area contributed by atoms with Crippen molar-refractivity contribution in [3.8, 4) is 17.2 Å². The maximum atomic E-state index is 13.9. The average Bonchev–Trinajstić information content (AvgIpc) is 2.93. The zero-order valence-corrected chi connectivity index (χ0v) is 26.8. The summed E-state index contributed by atoms with van der Waals surface area (Å²) < 4.78 is 42.0. The molecule has 0 amide bonds. The van der Waals surface area contributed by atoms with Crippen LogP contribution in [0.25, 0.3) is 0 Å². The van der Waals surface area contributed by atoms with Gasteiger partial charge in [0.15, 0.2) is 13.1 Å². The molecule has 0 aliphatic rings. The van der Waals surface area contributed by atoms with Crippen LogP contribution in [0.15, 0.2) is 60.7 Å². The van der Waals surface area contributed by atoms with Gasteiger partial charge in [0.05, 0.1) is 6.10 Å². The Balaban J connectivity index is 1.79. The average molecular weight is 598 g/mol. The van der Waals surface area contributed by atoms with Gasteiger partial charge in [0, 0.05) is 7.11 Å². The second kappa shape index (κ2) is 15.2. The summed E-state index contributed by atoms with van der Waals surface area (Å²) in [4.78, 5) is 12.4. The molecule has 42 heavy (non-hydrogen) atoms. The van der Waals surface area contributed by atoms with Crippen molar-refractivity contribution in [3.63, 3.8) is 0 Å². The lowest BCUT2D eigenvalue weighted by molar-refractivity contribution is -0.149. The molecule has 0 heterocycles. The van der Waals surface area contributed by atoms with Crippen LogP contribution in [0, 0.1) is 13.8 Å². The minimum absolute atomic E-state index is 0.207. The van der Waals surface area contributed by atoms with Crippen LogP contribution < -0.4 is 19.1 Å². The summed E-state index contributed by atoms with van der Waals surface area (Å²) in [6, 6.07) is 18.1. The van der Waals surface area contributed by atoms with Crippen molar-refractivity contribution >= 4 is 13.5 Å². The Morgan fingerprint density at radius 2 is 1.55 bits per heavy atom. The van der Waals surface area contributed by atoms with Crippen LogP contribution in [0.2, 0.25) is 0 Å². The molecule has 3 rings (SSSR count). The Morgan fingerprint density at radius 1 is 0.881 bits per heavy atom. The first-order valence-electron chi connectivity index (χ1n) is 14.2. The Morgan fingerprint density at radius 3 is 2.14 bits per heavy atom. The number of rotatable bonds is 15. The highest BCUT2D eigenvalue weighted by molar-refractivity contribution is 7.57. The van der Waals surface area contributed by atoms with Gasteiger partial charge in [0.1, 0.15) is 23.3 Å². The molecule has 3 aromatic rings. The number of hydrogen-bond acceptors (Lipinski definition) is 7. The number of methoxy groups -OCH3 is 1. The molecule has 228 valence electrons. The predicted octanol–water partition coefficient (Wildman–Crippen LogP) is 7.54. The van der Waals surface area contributed by atoms with E-state index in [-0.39, 0.29) is 19.2 Å². The molecule has 0 aromatic heterocycles. The van der Waals surface area contributed by atoms with Crippen LogP contribution in [0.4, 0.5) is 0 Å². The summed E-state index contributed by atoms with van der Waals surface area (Å²) in [5.41, 5.74) is 5.60. The highest BCUT2D eigenvalue weighted by Crippen LogP contribution is 2.44. The van der Waals surface area contributed by atoms with Gasteiger partial charge in [0.25, 0.3) is 0 Å². The van der Waals surface area contributed by atoms with Gasteiger partial charge in [-0.1, -0.05) is 44.2 Å². The third-order valence-corrected chi connectivity index (χ3v) is 8.33. The largest absolute Gasteiger partial charge is 0.481 e. The Labute approximate surface area is 250 Å². The van der Waals surface area contributed by atoms with Gasteiger partial charge < -0.3 is 23.5 Å². The Hall–Kier alpha value is -3.32. The third kappa shape index (κ3) is 9.62. The maximum Gasteiger partial charge on any atom is 0.354 e. The monoisotopic (exact) mass is 597 g/mol. The van der Waals surface area contributed by atoms with Crippen LogP contribution in [0.1, 0.15) is 68.4 Å². The van der Waals surface area contributed by atoms with E-state index in [1.54, 1.807) is 52.1 Å². The Bertz CT molecular complexity index is 1350. The zero-order chi connectivity index (χ0) is 30.9. The second-order valence-corrected chi connectivity index (χ2v) is 13.0. The van der Waals surface area contributed by atoms with Crippen LogP contribution in [0.5, 0.6) is 17.2 Å². The molecule has 9 heteroatoms. The van der Waals surface area contributed by atoms with Crippen LogP contribution in [-0.4, -0.2) is 38.4 Å². The van der Waals surface area contributed by atoms with Gasteiger partial charge in [-0.2, -0.15) is 0 Å². The van der Waals surface area contributed by atoms with Gasteiger partial charge in [-0.15, -0.1) is 0 Å². The van der Waals surface area contributed by atoms with E-state index in [1.807, 2.05) is 38.1 Å². The number of benzene rings is 3. The first kappa shape index (κ1) is 33.2. The van der Waals surface area contributed by atoms with E-state index < -0.39 is 19.5 Å². The predicted molar refractivity (Wildman–Crippen MR) is 166 cm³/mol. The van der Waals surface area contributed by atoms with Crippen LogP contribution >= 0.6 is 7.52 Å². The van der Waals surface area contributed by atoms with E-state index in [4.69, 9.17) is 23.5 Å². The van der Waals surface area contributed by atoms with E-state index in [9.17, 15) is 9.36 Å². The van der Waals surface area contributed by atoms with Gasteiger partial charge in [-0.3, -0.25) is 9.36 Å². The van der Waals surface area contributed by atoms with Crippen LogP contribution in [-0.2, 0) is 25.3 Å². The highest BCUT2D eigenvalue weighted by atomic mass is 31.2. The van der Waals surface area contributed by atoms with Gasteiger partial charge in [0.2, 0.25) is 0 Å². The third-order valence-electron chi connectivity index (χ3n) is 6.57. The van der Waals surface area contributed by atoms with Crippen molar-refractivity contribution in [1.29, 1.82) is 0 Å². The molecular formula is C33H44NO7P. The summed E-state index contributed by atoms with van der Waals surface area (Å²) in [6.45, 7) is 13.7. The summed E-state index contributed by atoms with van der Waals surface area (Å²) in [5.74, 6) is 1.58. The van der Waals surface area contributed by atoms with E-state index >= 15 is 0 Å². The van der Waals surface area contributed by atoms with Crippen LogP contribution in [0.3, 0.4) is 0 Å². The van der Waals surface area contributed by atoms with E-state index in [0.29, 0.717) is 17.4 Å². The molecular weight excluding hydrogens is 553 g/mol. The number of aryl methyl sites for hydroxylation is 2. The number of hydrogen-bond donors (Lipinski definition) is 1. The van der Waals surface area contributed by atoms with Crippen molar-refractivity contribution in [2.45, 2.75) is 73.0 Å². The molecule has 0 radical (unpaired) electrons. The number of ether oxygens (including phenoxy) is 4. The van der Waals surface area contributed by atoms with Gasteiger partial charge >= 0.3 is 13.5 Å². The number of nitrogens with one attached hydrogen (secondary N) is 1. The molecule has 0 spiro atoms. The molecule has 3 aromatic carbocycles. The second-order valence-electron chi connectivity index (χ2n) is 11.0. The molecule has 1 unspecified atom stereocenters. The van der Waals surface area contributed by atoms with E-state index in [1.165, 1.54) is 11.1 Å². The fraction of sp³-hybridized carbons (Fsp3) is 0.424. The number of esters is 1. The SMILES string of the molecule is COCOc1ccc(Cc2c(C)cc(OCP(=O)(N[C@@H](C)C(=O)OC(C)C)Oc3ccccc3)cc2C)cc1C(C)C. The fourth-order valence-corrected chi connectivity index (χ4v) is 6.17. The zero-order valence-electron chi connectivity index (χ0n) is 25.9. The molecule has 0 saturated carbocycles. The minimum Gasteiger partial charge on any atom is -0.481 e. The number of carbonyl (C=O) groups is 1. The van der Waals surface area contributed by atoms with E-state index in [0.717, 1.165) is 28.9 Å². The lowest BCUT2D eigenvalue weighted by Gasteiger charge is -2.24. The van der Waals surface area contributed by atoms with Gasteiger partial charge in [-0.25, -0.2) is 5.09 Å². The number of para-hydroxylation sites is 1. The first-order chi connectivity index (χ1) is 19.9. The quantitative estimate of drug-likeness (QED) is 0.109. The van der Waals surface area contributed by atoms with Crippen molar-refractivity contribution in [3.05, 3.63) is 88.5 Å². The summed E-state index contributed by atoms with van der Waals surface area (Å²) >= 11 is 0. The van der Waals surface area contributed by atoms with Gasteiger partial charge in [-0.05, 0) is 105 Å². The first-order valence-corrected chi connectivity index (χ1v) is 16.0. The van der Waals surface area contributed by atoms with E-state index in [2.05, 4.69) is 31.1 Å². The molecule has 2 atom stereocenters. The van der Waals surface area contributed by atoms with Crippen molar-refractivity contribution in [2.75, 3.05) is 20.3 Å². The lowest BCUT2D eigenvalue weighted by Crippen LogP contribution is -2.36. The molecule has 0 bridgehead atoms. The normalized spacial score (nSPS) is 13.5. The summed E-state index contributed by atoms with van der Waals surface area (Å²) in [7, 11) is -2.07. The Kier molecular flexibility index (Phi) is 12.0. The molecule has 0 fully saturated rings. The minimum atomic E-state index is -3.68. The topological polar surface area (TPSA) is 92.3 Å². The smallest absolute Gasteiger partial charge is 0.354 e. The summed E-state index contributed by atoms with van der Waals surface area (Å²) in [6.07, 6.45) is 0.172. The number of carbonyl (C=O) groups excluding carboxylic acids is 1. The highest BCUT2D eigenvalue weighted by Gasteiger charge is 2.32. The lowest BCUT2D eigenvalue weighted by atomic mass is 9.93. The molecule has 0 aliphatic heterocycles.